The molecule has 1 fully saturated rings. The quantitative estimate of drug-likeness (QED) is 0.914. The lowest BCUT2D eigenvalue weighted by Gasteiger charge is -2.21. The van der Waals surface area contributed by atoms with Gasteiger partial charge in [0.15, 0.2) is 0 Å². The van der Waals surface area contributed by atoms with E-state index in [1.165, 1.54) is 37.3 Å². The first-order valence-corrected chi connectivity index (χ1v) is 7.44. The van der Waals surface area contributed by atoms with Crippen LogP contribution >= 0.6 is 0 Å². The molecule has 4 nitrogen and oxygen atoms in total. The van der Waals surface area contributed by atoms with Crippen molar-refractivity contribution >= 4 is 11.3 Å². The number of nitrogen functional groups attached to an aromatic ring is 1. The van der Waals surface area contributed by atoms with E-state index in [1.54, 1.807) is 0 Å². The lowest BCUT2D eigenvalue weighted by molar-refractivity contribution is 0.322. The molecule has 20 heavy (non-hydrogen) atoms. The highest BCUT2D eigenvalue weighted by Gasteiger charge is 2.25. The van der Waals surface area contributed by atoms with Gasteiger partial charge in [0.25, 0.3) is 0 Å². The SMILES string of the molecule is CC(C)(C)c1nc2ccc(N)cn2c1CN1CCCC1. The van der Waals surface area contributed by atoms with Crippen LogP contribution in [-0.2, 0) is 12.0 Å². The van der Waals surface area contributed by atoms with Crippen LogP contribution in [0.25, 0.3) is 5.65 Å². The van der Waals surface area contributed by atoms with E-state index >= 15 is 0 Å². The van der Waals surface area contributed by atoms with E-state index in [4.69, 9.17) is 10.7 Å². The average Bonchev–Trinajstić information content (AvgIpc) is 2.97. The van der Waals surface area contributed by atoms with Crippen LogP contribution in [0.1, 0.15) is 45.0 Å². The predicted molar refractivity (Wildman–Crippen MR) is 82.8 cm³/mol. The number of rotatable bonds is 2. The molecule has 3 rings (SSSR count). The Hall–Kier alpha value is -1.55. The summed E-state index contributed by atoms with van der Waals surface area (Å²) in [4.78, 5) is 7.36. The van der Waals surface area contributed by atoms with Crippen molar-refractivity contribution in [2.24, 2.45) is 0 Å². The summed E-state index contributed by atoms with van der Waals surface area (Å²) >= 11 is 0. The molecule has 0 unspecified atom stereocenters. The zero-order valence-electron chi connectivity index (χ0n) is 12.7. The van der Waals surface area contributed by atoms with Gasteiger partial charge in [0.05, 0.1) is 11.4 Å². The molecule has 0 aliphatic carbocycles. The standard InChI is InChI=1S/C16H24N4/c1-16(2,3)15-13(11-19-8-4-5-9-19)20-10-12(17)6-7-14(20)18-15/h6-7,10H,4-5,8-9,11,17H2,1-3H3. The largest absolute Gasteiger partial charge is 0.398 e. The highest BCUT2D eigenvalue weighted by atomic mass is 15.2. The van der Waals surface area contributed by atoms with E-state index < -0.39 is 0 Å². The zero-order chi connectivity index (χ0) is 14.3. The Kier molecular flexibility index (Phi) is 3.21. The van der Waals surface area contributed by atoms with Gasteiger partial charge in [0.2, 0.25) is 0 Å². The molecule has 0 atom stereocenters. The van der Waals surface area contributed by atoms with Crippen molar-refractivity contribution in [1.82, 2.24) is 14.3 Å². The summed E-state index contributed by atoms with van der Waals surface area (Å²) in [6, 6.07) is 3.94. The molecule has 2 N–H and O–H groups in total. The molecule has 0 saturated carbocycles. The Bertz CT molecular complexity index is 615. The average molecular weight is 272 g/mol. The first-order chi connectivity index (χ1) is 9.45. The third-order valence-electron chi connectivity index (χ3n) is 4.02. The second kappa shape index (κ2) is 4.77. The van der Waals surface area contributed by atoms with Crippen molar-refractivity contribution in [1.29, 1.82) is 0 Å². The van der Waals surface area contributed by atoms with Crippen molar-refractivity contribution in [3.8, 4) is 0 Å². The van der Waals surface area contributed by atoms with Crippen molar-refractivity contribution in [2.75, 3.05) is 18.8 Å². The Labute approximate surface area is 120 Å². The number of pyridine rings is 1. The van der Waals surface area contributed by atoms with E-state index in [9.17, 15) is 0 Å². The van der Waals surface area contributed by atoms with Crippen molar-refractivity contribution in [3.05, 3.63) is 29.7 Å². The minimum absolute atomic E-state index is 0.0514. The van der Waals surface area contributed by atoms with Gasteiger partial charge < -0.3 is 10.1 Å². The topological polar surface area (TPSA) is 46.6 Å². The molecule has 0 radical (unpaired) electrons. The van der Waals surface area contributed by atoms with Crippen LogP contribution in [0.3, 0.4) is 0 Å². The number of nitrogens with zero attached hydrogens (tertiary/aromatic N) is 3. The molecular formula is C16H24N4. The fourth-order valence-electron chi connectivity index (χ4n) is 3.01. The first kappa shape index (κ1) is 13.4. The summed E-state index contributed by atoms with van der Waals surface area (Å²) < 4.78 is 2.17. The van der Waals surface area contributed by atoms with Crippen LogP contribution < -0.4 is 5.73 Å². The number of imidazole rings is 1. The molecule has 0 aromatic carbocycles. The highest BCUT2D eigenvalue weighted by Crippen LogP contribution is 2.28. The molecule has 0 amide bonds. The fourth-order valence-corrected chi connectivity index (χ4v) is 3.01. The van der Waals surface area contributed by atoms with Crippen LogP contribution in [0.2, 0.25) is 0 Å². The van der Waals surface area contributed by atoms with Crippen LogP contribution in [0.5, 0.6) is 0 Å². The summed E-state index contributed by atoms with van der Waals surface area (Å²) in [6.07, 6.45) is 4.62. The van der Waals surface area contributed by atoms with Gasteiger partial charge in [-0.1, -0.05) is 20.8 Å². The smallest absolute Gasteiger partial charge is 0.137 e. The van der Waals surface area contributed by atoms with E-state index in [2.05, 4.69) is 30.1 Å². The summed E-state index contributed by atoms with van der Waals surface area (Å²) in [5.41, 5.74) is 10.3. The number of hydrogen-bond acceptors (Lipinski definition) is 3. The summed E-state index contributed by atoms with van der Waals surface area (Å²) in [5.74, 6) is 0. The highest BCUT2D eigenvalue weighted by molar-refractivity contribution is 5.51. The summed E-state index contributed by atoms with van der Waals surface area (Å²) in [7, 11) is 0. The summed E-state index contributed by atoms with van der Waals surface area (Å²) in [6.45, 7) is 10.0. The van der Waals surface area contributed by atoms with E-state index in [-0.39, 0.29) is 5.41 Å². The molecule has 0 spiro atoms. The Morgan fingerprint density at radius 3 is 2.55 bits per heavy atom. The monoisotopic (exact) mass is 272 g/mol. The van der Waals surface area contributed by atoms with Crippen molar-refractivity contribution in [3.63, 3.8) is 0 Å². The molecule has 3 heterocycles. The molecule has 4 heteroatoms. The van der Waals surface area contributed by atoms with Crippen LogP contribution in [0.4, 0.5) is 5.69 Å². The minimum atomic E-state index is 0.0514. The van der Waals surface area contributed by atoms with Crippen LogP contribution in [0.15, 0.2) is 18.3 Å². The number of fused-ring (bicyclic) bond motifs is 1. The van der Waals surface area contributed by atoms with Gasteiger partial charge in [0, 0.05) is 23.8 Å². The molecule has 2 aromatic heterocycles. The second-order valence-electron chi connectivity index (χ2n) is 6.83. The normalized spacial score (nSPS) is 17.1. The van der Waals surface area contributed by atoms with E-state index in [0.29, 0.717) is 0 Å². The first-order valence-electron chi connectivity index (χ1n) is 7.44. The number of nitrogens with two attached hydrogens (primary N) is 1. The lowest BCUT2D eigenvalue weighted by atomic mass is 9.90. The number of anilines is 1. The molecule has 2 aromatic rings. The van der Waals surface area contributed by atoms with E-state index in [0.717, 1.165) is 17.9 Å². The lowest BCUT2D eigenvalue weighted by Crippen LogP contribution is -2.23. The number of hydrogen-bond donors (Lipinski definition) is 1. The van der Waals surface area contributed by atoms with Crippen LogP contribution in [-0.4, -0.2) is 27.4 Å². The molecule has 108 valence electrons. The molecular weight excluding hydrogens is 248 g/mol. The second-order valence-corrected chi connectivity index (χ2v) is 6.83. The van der Waals surface area contributed by atoms with Crippen molar-refractivity contribution < 1.29 is 0 Å². The maximum atomic E-state index is 5.96. The maximum Gasteiger partial charge on any atom is 0.137 e. The van der Waals surface area contributed by atoms with E-state index in [1.807, 2.05) is 18.3 Å². The Morgan fingerprint density at radius 2 is 1.90 bits per heavy atom. The van der Waals surface area contributed by atoms with Gasteiger partial charge in [-0.05, 0) is 38.1 Å². The van der Waals surface area contributed by atoms with Gasteiger partial charge >= 0.3 is 0 Å². The zero-order valence-corrected chi connectivity index (χ0v) is 12.7. The molecule has 1 aliphatic heterocycles. The maximum absolute atomic E-state index is 5.96. The molecule has 1 saturated heterocycles. The van der Waals surface area contributed by atoms with Gasteiger partial charge in [-0.15, -0.1) is 0 Å². The van der Waals surface area contributed by atoms with Gasteiger partial charge in [-0.25, -0.2) is 4.98 Å². The third kappa shape index (κ3) is 2.40. The molecule has 1 aliphatic rings. The van der Waals surface area contributed by atoms with Gasteiger partial charge in [0.1, 0.15) is 5.65 Å². The third-order valence-corrected chi connectivity index (χ3v) is 4.02. The molecule has 0 bridgehead atoms. The Morgan fingerprint density at radius 1 is 1.20 bits per heavy atom. The summed E-state index contributed by atoms with van der Waals surface area (Å²) in [5, 5.41) is 0. The number of likely N-dealkylation sites (tertiary alicyclic amines) is 1. The van der Waals surface area contributed by atoms with Crippen LogP contribution in [0, 0.1) is 0 Å². The number of aromatic nitrogens is 2. The van der Waals surface area contributed by atoms with Gasteiger partial charge in [-0.3, -0.25) is 4.90 Å². The van der Waals surface area contributed by atoms with Gasteiger partial charge in [-0.2, -0.15) is 0 Å². The fraction of sp³-hybridized carbons (Fsp3) is 0.562. The predicted octanol–water partition coefficient (Wildman–Crippen LogP) is 2.81. The minimum Gasteiger partial charge on any atom is -0.398 e. The van der Waals surface area contributed by atoms with Crippen molar-refractivity contribution in [2.45, 2.75) is 45.6 Å². The Balaban J connectivity index is 2.11.